The Morgan fingerprint density at radius 1 is 1.11 bits per heavy atom. The third kappa shape index (κ3) is 2.34. The molecule has 0 saturated heterocycles. The van der Waals surface area contributed by atoms with E-state index >= 15 is 0 Å². The number of nitrogens with zero attached hydrogens (tertiary/aromatic N) is 2. The van der Waals surface area contributed by atoms with E-state index in [1.807, 2.05) is 32.0 Å². The van der Waals surface area contributed by atoms with Crippen LogP contribution in [0.25, 0.3) is 0 Å². The molecule has 5 heteroatoms. The molecule has 0 bridgehead atoms. The van der Waals surface area contributed by atoms with Crippen LogP contribution in [0.15, 0.2) is 24.5 Å². The van der Waals surface area contributed by atoms with Crippen LogP contribution in [-0.4, -0.2) is 17.1 Å². The van der Waals surface area contributed by atoms with Crippen molar-refractivity contribution < 1.29 is 9.47 Å². The van der Waals surface area contributed by atoms with Gasteiger partial charge < -0.3 is 15.2 Å². The number of anilines is 1. The number of methoxy groups -OCH3 is 1. The highest BCUT2D eigenvalue weighted by atomic mass is 16.5. The Morgan fingerprint density at radius 3 is 2.61 bits per heavy atom. The van der Waals surface area contributed by atoms with Gasteiger partial charge in [-0.3, -0.25) is 0 Å². The second kappa shape index (κ2) is 4.91. The number of benzene rings is 1. The first-order valence-corrected chi connectivity index (χ1v) is 5.51. The van der Waals surface area contributed by atoms with Gasteiger partial charge in [-0.1, -0.05) is 6.07 Å². The number of aromatic nitrogens is 2. The Kier molecular flexibility index (Phi) is 3.32. The zero-order valence-corrected chi connectivity index (χ0v) is 10.6. The first-order chi connectivity index (χ1) is 8.61. The minimum absolute atomic E-state index is 0.408. The molecule has 94 valence electrons. The molecule has 0 saturated carbocycles. The third-order valence-corrected chi connectivity index (χ3v) is 2.60. The van der Waals surface area contributed by atoms with Crippen LogP contribution in [0.1, 0.15) is 11.1 Å². The number of nitrogens with two attached hydrogens (primary N) is 1. The van der Waals surface area contributed by atoms with Crippen molar-refractivity contribution in [2.45, 2.75) is 13.8 Å². The van der Waals surface area contributed by atoms with Gasteiger partial charge in [0.2, 0.25) is 5.88 Å². The van der Waals surface area contributed by atoms with Gasteiger partial charge in [-0.05, 0) is 31.5 Å². The summed E-state index contributed by atoms with van der Waals surface area (Å²) in [6, 6.07) is 5.68. The predicted octanol–water partition coefficient (Wildman–Crippen LogP) is 2.48. The molecule has 2 aromatic rings. The molecule has 0 amide bonds. The van der Waals surface area contributed by atoms with Gasteiger partial charge in [-0.2, -0.15) is 0 Å². The standard InChI is InChI=1S/C13H15N3O2/c1-8-4-5-10(11(6-8)17-3)18-13-9(2)12(14)15-7-16-13/h4-7H,1-3H3,(H2,14,15,16). The van der Waals surface area contributed by atoms with Gasteiger partial charge in [-0.15, -0.1) is 0 Å². The van der Waals surface area contributed by atoms with Crippen molar-refractivity contribution in [1.82, 2.24) is 9.97 Å². The van der Waals surface area contributed by atoms with Crippen molar-refractivity contribution in [2.24, 2.45) is 0 Å². The van der Waals surface area contributed by atoms with Crippen LogP contribution in [0, 0.1) is 13.8 Å². The van der Waals surface area contributed by atoms with E-state index in [9.17, 15) is 0 Å². The lowest BCUT2D eigenvalue weighted by Gasteiger charge is -2.12. The highest BCUT2D eigenvalue weighted by molar-refractivity contribution is 5.48. The van der Waals surface area contributed by atoms with E-state index in [1.54, 1.807) is 7.11 Å². The SMILES string of the molecule is COc1cc(C)ccc1Oc1ncnc(N)c1C. The first kappa shape index (κ1) is 12.2. The second-order valence-electron chi connectivity index (χ2n) is 3.95. The normalized spacial score (nSPS) is 10.2. The predicted molar refractivity (Wildman–Crippen MR) is 69.0 cm³/mol. The van der Waals surface area contributed by atoms with Gasteiger partial charge in [0.15, 0.2) is 11.5 Å². The largest absolute Gasteiger partial charge is 0.493 e. The number of hydrogen-bond donors (Lipinski definition) is 1. The minimum atomic E-state index is 0.408. The van der Waals surface area contributed by atoms with E-state index in [0.29, 0.717) is 28.8 Å². The van der Waals surface area contributed by atoms with Gasteiger partial charge in [0, 0.05) is 0 Å². The Hall–Kier alpha value is -2.30. The summed E-state index contributed by atoms with van der Waals surface area (Å²) in [7, 11) is 1.60. The molecule has 1 heterocycles. The second-order valence-corrected chi connectivity index (χ2v) is 3.95. The molecule has 1 aromatic carbocycles. The molecule has 0 aliphatic heterocycles. The van der Waals surface area contributed by atoms with Crippen LogP contribution < -0.4 is 15.2 Å². The number of aryl methyl sites for hydroxylation is 1. The maximum Gasteiger partial charge on any atom is 0.227 e. The van der Waals surface area contributed by atoms with Crippen LogP contribution in [-0.2, 0) is 0 Å². The first-order valence-electron chi connectivity index (χ1n) is 5.51. The molecular weight excluding hydrogens is 230 g/mol. The summed E-state index contributed by atoms with van der Waals surface area (Å²) in [6.45, 7) is 3.80. The molecule has 2 N–H and O–H groups in total. The van der Waals surface area contributed by atoms with Crippen LogP contribution >= 0.6 is 0 Å². The molecule has 0 fully saturated rings. The van der Waals surface area contributed by atoms with E-state index in [-0.39, 0.29) is 0 Å². The molecule has 5 nitrogen and oxygen atoms in total. The summed E-state index contributed by atoms with van der Waals surface area (Å²) in [5.41, 5.74) is 7.51. The van der Waals surface area contributed by atoms with Crippen LogP contribution in [0.2, 0.25) is 0 Å². The number of ether oxygens (including phenoxy) is 2. The van der Waals surface area contributed by atoms with E-state index in [1.165, 1.54) is 6.33 Å². The molecule has 2 rings (SSSR count). The van der Waals surface area contributed by atoms with Gasteiger partial charge >= 0.3 is 0 Å². The number of nitrogen functional groups attached to an aromatic ring is 1. The van der Waals surface area contributed by atoms with E-state index in [0.717, 1.165) is 5.56 Å². The topological polar surface area (TPSA) is 70.3 Å². The average molecular weight is 245 g/mol. The van der Waals surface area contributed by atoms with Gasteiger partial charge in [0.05, 0.1) is 12.7 Å². The Morgan fingerprint density at radius 2 is 1.89 bits per heavy atom. The summed E-state index contributed by atoms with van der Waals surface area (Å²) in [6.07, 6.45) is 1.37. The Bertz CT molecular complexity index is 570. The minimum Gasteiger partial charge on any atom is -0.493 e. The fourth-order valence-electron chi connectivity index (χ4n) is 1.51. The molecule has 0 aliphatic rings. The summed E-state index contributed by atoms with van der Waals surface area (Å²) in [4.78, 5) is 7.96. The molecule has 0 atom stereocenters. The van der Waals surface area contributed by atoms with Crippen LogP contribution in [0.4, 0.5) is 5.82 Å². The molecule has 18 heavy (non-hydrogen) atoms. The van der Waals surface area contributed by atoms with Crippen molar-refractivity contribution >= 4 is 5.82 Å². The van der Waals surface area contributed by atoms with Crippen LogP contribution in [0.5, 0.6) is 17.4 Å². The lowest BCUT2D eigenvalue weighted by Crippen LogP contribution is -2.00. The quantitative estimate of drug-likeness (QED) is 0.899. The molecule has 0 unspecified atom stereocenters. The summed E-state index contributed by atoms with van der Waals surface area (Å²) in [5, 5.41) is 0. The molecule has 0 radical (unpaired) electrons. The summed E-state index contributed by atoms with van der Waals surface area (Å²) < 4.78 is 11.0. The van der Waals surface area contributed by atoms with Crippen molar-refractivity contribution in [1.29, 1.82) is 0 Å². The average Bonchev–Trinajstić information content (AvgIpc) is 2.37. The summed E-state index contributed by atoms with van der Waals surface area (Å²) in [5.74, 6) is 2.10. The smallest absolute Gasteiger partial charge is 0.227 e. The highest BCUT2D eigenvalue weighted by Gasteiger charge is 2.10. The Balaban J connectivity index is 2.37. The van der Waals surface area contributed by atoms with Crippen molar-refractivity contribution in [3.05, 3.63) is 35.7 Å². The fraction of sp³-hybridized carbons (Fsp3) is 0.231. The van der Waals surface area contributed by atoms with Gasteiger partial charge in [-0.25, -0.2) is 9.97 Å². The molecule has 0 spiro atoms. The zero-order valence-electron chi connectivity index (χ0n) is 10.6. The van der Waals surface area contributed by atoms with Gasteiger partial charge in [0.25, 0.3) is 0 Å². The Labute approximate surface area is 106 Å². The molecular formula is C13H15N3O2. The zero-order chi connectivity index (χ0) is 13.1. The highest BCUT2D eigenvalue weighted by Crippen LogP contribution is 2.33. The maximum atomic E-state index is 5.71. The molecule has 0 aliphatic carbocycles. The summed E-state index contributed by atoms with van der Waals surface area (Å²) >= 11 is 0. The van der Waals surface area contributed by atoms with Gasteiger partial charge in [0.1, 0.15) is 12.1 Å². The van der Waals surface area contributed by atoms with Crippen molar-refractivity contribution in [3.63, 3.8) is 0 Å². The van der Waals surface area contributed by atoms with E-state index < -0.39 is 0 Å². The third-order valence-electron chi connectivity index (χ3n) is 2.60. The lowest BCUT2D eigenvalue weighted by atomic mass is 10.2. The maximum absolute atomic E-state index is 5.71. The number of hydrogen-bond acceptors (Lipinski definition) is 5. The van der Waals surface area contributed by atoms with Crippen molar-refractivity contribution in [3.8, 4) is 17.4 Å². The fourth-order valence-corrected chi connectivity index (χ4v) is 1.51. The number of rotatable bonds is 3. The van der Waals surface area contributed by atoms with E-state index in [2.05, 4.69) is 9.97 Å². The van der Waals surface area contributed by atoms with Crippen molar-refractivity contribution in [2.75, 3.05) is 12.8 Å². The van der Waals surface area contributed by atoms with E-state index in [4.69, 9.17) is 15.2 Å². The molecule has 1 aromatic heterocycles. The monoisotopic (exact) mass is 245 g/mol. The van der Waals surface area contributed by atoms with Crippen LogP contribution in [0.3, 0.4) is 0 Å². The lowest BCUT2D eigenvalue weighted by molar-refractivity contribution is 0.372.